The van der Waals surface area contributed by atoms with Crippen molar-refractivity contribution >= 4 is 38.7 Å². The number of thiazole rings is 1. The zero-order valence-electron chi connectivity index (χ0n) is 21.8. The van der Waals surface area contributed by atoms with Crippen LogP contribution in [0.1, 0.15) is 26.6 Å². The normalized spacial score (nSPS) is 16.2. The summed E-state index contributed by atoms with van der Waals surface area (Å²) in [6, 6.07) is 8.58. The number of carbonyl (C=O) groups is 2. The van der Waals surface area contributed by atoms with E-state index < -0.39 is 17.6 Å². The van der Waals surface area contributed by atoms with Gasteiger partial charge in [-0.15, -0.1) is 0 Å². The molecule has 2 amide bonds. The number of pyridine rings is 1. The Balaban J connectivity index is 1.52. The van der Waals surface area contributed by atoms with Gasteiger partial charge in [0.05, 0.1) is 34.7 Å². The molecule has 1 fully saturated rings. The number of rotatable bonds is 7. The van der Waals surface area contributed by atoms with Crippen molar-refractivity contribution < 1.29 is 19.4 Å². The highest BCUT2D eigenvalue weighted by Crippen LogP contribution is 2.38. The average molecular weight is 548 g/mol. The smallest absolute Gasteiger partial charge is 0.323 e. The first kappa shape index (κ1) is 26.6. The third-order valence-corrected chi connectivity index (χ3v) is 7.67. The van der Waals surface area contributed by atoms with Gasteiger partial charge in [0.1, 0.15) is 11.9 Å². The van der Waals surface area contributed by atoms with Crippen LogP contribution in [0.4, 0.5) is 9.93 Å². The Morgan fingerprint density at radius 3 is 2.67 bits per heavy atom. The fourth-order valence-corrected chi connectivity index (χ4v) is 5.63. The Kier molecular flexibility index (Phi) is 7.51. The van der Waals surface area contributed by atoms with Gasteiger partial charge in [-0.3, -0.25) is 20.0 Å². The molecule has 0 unspecified atom stereocenters. The number of amides is 2. The minimum atomic E-state index is -0.931. The zero-order chi connectivity index (χ0) is 27.6. The Morgan fingerprint density at radius 2 is 1.97 bits per heavy atom. The summed E-state index contributed by atoms with van der Waals surface area (Å²) in [4.78, 5) is 44.3. The van der Waals surface area contributed by atoms with Crippen molar-refractivity contribution in [3.63, 3.8) is 0 Å². The number of ether oxygens (including phenoxy) is 1. The van der Waals surface area contributed by atoms with E-state index in [1.807, 2.05) is 56.0 Å². The van der Waals surface area contributed by atoms with E-state index in [0.717, 1.165) is 27.1 Å². The van der Waals surface area contributed by atoms with Gasteiger partial charge in [-0.2, -0.15) is 0 Å². The summed E-state index contributed by atoms with van der Waals surface area (Å²) in [6.07, 6.45) is 5.21. The molecule has 5 rings (SSSR count). The minimum absolute atomic E-state index is 0.123. The lowest BCUT2D eigenvalue weighted by Crippen LogP contribution is -2.57. The first-order valence-corrected chi connectivity index (χ1v) is 13.4. The van der Waals surface area contributed by atoms with Gasteiger partial charge in [0, 0.05) is 42.8 Å². The molecule has 1 aliphatic heterocycles. The van der Waals surface area contributed by atoms with E-state index in [9.17, 15) is 14.7 Å². The minimum Gasteiger partial charge on any atom is -0.480 e. The van der Waals surface area contributed by atoms with E-state index in [0.29, 0.717) is 36.2 Å². The van der Waals surface area contributed by atoms with Gasteiger partial charge in [0.15, 0.2) is 5.13 Å². The maximum absolute atomic E-state index is 12.1. The first-order chi connectivity index (χ1) is 18.8. The maximum atomic E-state index is 12.1. The molecule has 202 valence electrons. The number of anilines is 1. The number of hydrogen-bond acceptors (Lipinski definition) is 9. The lowest BCUT2D eigenvalue weighted by molar-refractivity contribution is -0.155. The standard InChI is InChI=1S/C27H29N7O4S/c1-4-28-25(37)33-26-32-20-12-16(11-18(22(20)39-26)19-7-5-6-8-29-19)17-13-30-24(31-14-17)27(2,3)34-9-10-38-15-21(34)23(35)36/h5-8,11-14,21H,4,9-10,15H2,1-3H3,(H,35,36)(H2,28,32,33,37)/t21-/m1/s1. The van der Waals surface area contributed by atoms with Crippen LogP contribution in [0.5, 0.6) is 0 Å². The average Bonchev–Trinajstić information content (AvgIpc) is 3.35. The lowest BCUT2D eigenvalue weighted by Gasteiger charge is -2.43. The summed E-state index contributed by atoms with van der Waals surface area (Å²) in [5, 5.41) is 15.7. The highest BCUT2D eigenvalue weighted by Gasteiger charge is 2.41. The third kappa shape index (κ3) is 5.44. The molecule has 3 aromatic heterocycles. The number of morpholine rings is 1. The van der Waals surface area contributed by atoms with Crippen LogP contribution in [-0.2, 0) is 15.1 Å². The third-order valence-electron chi connectivity index (χ3n) is 6.65. The van der Waals surface area contributed by atoms with Crippen LogP contribution in [0.25, 0.3) is 32.6 Å². The number of carboxylic acids is 1. The second kappa shape index (κ2) is 11.0. The molecule has 39 heavy (non-hydrogen) atoms. The Labute approximate surface area is 229 Å². The summed E-state index contributed by atoms with van der Waals surface area (Å²) in [7, 11) is 0. The van der Waals surface area contributed by atoms with Gasteiger partial charge in [0.25, 0.3) is 0 Å². The highest BCUT2D eigenvalue weighted by molar-refractivity contribution is 7.22. The van der Waals surface area contributed by atoms with Gasteiger partial charge in [-0.1, -0.05) is 17.4 Å². The van der Waals surface area contributed by atoms with Crippen LogP contribution < -0.4 is 10.6 Å². The van der Waals surface area contributed by atoms with Crippen molar-refractivity contribution in [1.82, 2.24) is 30.2 Å². The number of hydrogen-bond donors (Lipinski definition) is 3. The number of benzene rings is 1. The molecular weight excluding hydrogens is 518 g/mol. The molecule has 4 aromatic rings. The van der Waals surface area contributed by atoms with Crippen LogP contribution in [0.2, 0.25) is 0 Å². The van der Waals surface area contributed by atoms with E-state index in [4.69, 9.17) is 4.74 Å². The topological polar surface area (TPSA) is 142 Å². The van der Waals surface area contributed by atoms with E-state index in [2.05, 4.69) is 30.6 Å². The van der Waals surface area contributed by atoms with Crippen LogP contribution in [0, 0.1) is 0 Å². The van der Waals surface area contributed by atoms with E-state index in [1.165, 1.54) is 11.3 Å². The second-order valence-electron chi connectivity index (χ2n) is 9.57. The Morgan fingerprint density at radius 1 is 1.18 bits per heavy atom. The largest absolute Gasteiger partial charge is 0.480 e. The number of nitrogens with zero attached hydrogens (tertiary/aromatic N) is 5. The molecule has 3 N–H and O–H groups in total. The quantitative estimate of drug-likeness (QED) is 0.313. The molecule has 0 radical (unpaired) electrons. The fourth-order valence-electron chi connectivity index (χ4n) is 4.67. The fraction of sp³-hybridized carbons (Fsp3) is 0.333. The van der Waals surface area contributed by atoms with Gasteiger partial charge in [0.2, 0.25) is 0 Å². The van der Waals surface area contributed by atoms with Crippen LogP contribution >= 0.6 is 11.3 Å². The zero-order valence-corrected chi connectivity index (χ0v) is 22.7. The van der Waals surface area contributed by atoms with Crippen molar-refractivity contribution in [2.75, 3.05) is 31.6 Å². The number of urea groups is 1. The molecule has 11 nitrogen and oxygen atoms in total. The molecule has 4 heterocycles. The van der Waals surface area contributed by atoms with Gasteiger partial charge < -0.3 is 15.2 Å². The molecule has 1 aliphatic rings. The predicted molar refractivity (Wildman–Crippen MR) is 149 cm³/mol. The van der Waals surface area contributed by atoms with Crippen molar-refractivity contribution in [3.05, 3.63) is 54.7 Å². The van der Waals surface area contributed by atoms with Crippen molar-refractivity contribution in [2.24, 2.45) is 0 Å². The Hall–Kier alpha value is -4.00. The summed E-state index contributed by atoms with van der Waals surface area (Å²) in [5.74, 6) is -0.411. The molecule has 1 aromatic carbocycles. The summed E-state index contributed by atoms with van der Waals surface area (Å²) in [6.45, 7) is 7.25. The molecule has 1 saturated heterocycles. The van der Waals surface area contributed by atoms with Crippen molar-refractivity contribution in [1.29, 1.82) is 0 Å². The van der Waals surface area contributed by atoms with Crippen LogP contribution in [-0.4, -0.2) is 74.3 Å². The number of aliphatic carboxylic acids is 1. The molecule has 1 atom stereocenters. The monoisotopic (exact) mass is 547 g/mol. The van der Waals surface area contributed by atoms with Crippen LogP contribution in [0.3, 0.4) is 0 Å². The van der Waals surface area contributed by atoms with E-state index in [-0.39, 0.29) is 12.6 Å². The maximum Gasteiger partial charge on any atom is 0.323 e. The number of nitrogens with one attached hydrogen (secondary N) is 2. The molecule has 0 saturated carbocycles. The number of carbonyl (C=O) groups excluding carboxylic acids is 1. The van der Waals surface area contributed by atoms with Crippen molar-refractivity contribution in [3.8, 4) is 22.4 Å². The molecular formula is C27H29N7O4S. The van der Waals surface area contributed by atoms with E-state index >= 15 is 0 Å². The SMILES string of the molecule is CCNC(=O)Nc1nc2cc(-c3cnc(C(C)(C)N4CCOC[C@@H]4C(=O)O)nc3)cc(-c3ccccn3)c2s1. The lowest BCUT2D eigenvalue weighted by atomic mass is 9.97. The number of fused-ring (bicyclic) bond motifs is 1. The molecule has 0 bridgehead atoms. The van der Waals surface area contributed by atoms with Crippen molar-refractivity contribution in [2.45, 2.75) is 32.4 Å². The Bertz CT molecular complexity index is 1490. The first-order valence-electron chi connectivity index (χ1n) is 12.6. The summed E-state index contributed by atoms with van der Waals surface area (Å²) in [5.41, 5.74) is 3.28. The highest BCUT2D eigenvalue weighted by atomic mass is 32.1. The number of carboxylic acid groups (broad SMARTS) is 1. The predicted octanol–water partition coefficient (Wildman–Crippen LogP) is 3.98. The summed E-state index contributed by atoms with van der Waals surface area (Å²) >= 11 is 1.38. The van der Waals surface area contributed by atoms with E-state index in [1.54, 1.807) is 18.6 Å². The molecule has 0 spiro atoms. The van der Waals surface area contributed by atoms with Crippen LogP contribution in [0.15, 0.2) is 48.9 Å². The van der Waals surface area contributed by atoms with Gasteiger partial charge >= 0.3 is 12.0 Å². The van der Waals surface area contributed by atoms with Gasteiger partial charge in [-0.05, 0) is 50.6 Å². The molecule has 0 aliphatic carbocycles. The number of aromatic nitrogens is 4. The molecule has 12 heteroatoms. The second-order valence-corrected chi connectivity index (χ2v) is 10.6. The summed E-state index contributed by atoms with van der Waals surface area (Å²) < 4.78 is 6.30. The van der Waals surface area contributed by atoms with Gasteiger partial charge in [-0.25, -0.2) is 19.7 Å².